The number of methoxy groups -OCH3 is 1. The SMILES string of the molecule is CC1CCc2c(ccc3c2nc(CC(C(=O)O)c2ccc(F)c(F)c2)n3C2CCCC2)N1C.COC=O. The summed E-state index contributed by atoms with van der Waals surface area (Å²) >= 11 is 0. The Morgan fingerprint density at radius 3 is 2.51 bits per heavy atom. The number of ether oxygens (including phenoxy) is 1. The van der Waals surface area contributed by atoms with Crippen LogP contribution in [0, 0.1) is 11.6 Å². The summed E-state index contributed by atoms with van der Waals surface area (Å²) in [6.45, 7) is 2.59. The van der Waals surface area contributed by atoms with E-state index >= 15 is 0 Å². The number of benzene rings is 2. The number of aliphatic carboxylic acids is 1. The first-order valence-corrected chi connectivity index (χ1v) is 12.7. The van der Waals surface area contributed by atoms with Gasteiger partial charge >= 0.3 is 5.97 Å². The first-order chi connectivity index (χ1) is 17.8. The van der Waals surface area contributed by atoms with Gasteiger partial charge in [-0.05, 0) is 62.4 Å². The van der Waals surface area contributed by atoms with Crippen LogP contribution in [0.2, 0.25) is 0 Å². The van der Waals surface area contributed by atoms with Crippen molar-refractivity contribution in [2.24, 2.45) is 0 Å². The molecule has 0 bridgehead atoms. The number of anilines is 1. The molecule has 2 heterocycles. The normalized spacial score (nSPS) is 18.2. The van der Waals surface area contributed by atoms with E-state index < -0.39 is 23.5 Å². The molecule has 0 radical (unpaired) electrons. The van der Waals surface area contributed by atoms with Gasteiger partial charge in [-0.15, -0.1) is 0 Å². The zero-order chi connectivity index (χ0) is 26.7. The lowest BCUT2D eigenvalue weighted by Gasteiger charge is -2.34. The molecule has 9 heteroatoms. The first kappa shape index (κ1) is 26.6. The van der Waals surface area contributed by atoms with Gasteiger partial charge in [0.05, 0.1) is 24.1 Å². The summed E-state index contributed by atoms with van der Waals surface area (Å²) in [6.07, 6.45) is 6.46. The number of imidazole rings is 1. The minimum Gasteiger partial charge on any atom is -0.481 e. The second kappa shape index (κ2) is 11.3. The highest BCUT2D eigenvalue weighted by Gasteiger charge is 2.30. The van der Waals surface area contributed by atoms with Crippen LogP contribution < -0.4 is 4.90 Å². The number of carbonyl (C=O) groups excluding carboxylic acids is 1. The Morgan fingerprint density at radius 1 is 1.19 bits per heavy atom. The van der Waals surface area contributed by atoms with Crippen molar-refractivity contribution in [1.29, 1.82) is 0 Å². The van der Waals surface area contributed by atoms with Gasteiger partial charge in [0, 0.05) is 36.8 Å². The molecule has 2 unspecified atom stereocenters. The van der Waals surface area contributed by atoms with Gasteiger partial charge in [0.15, 0.2) is 11.6 Å². The average molecular weight is 514 g/mol. The molecule has 37 heavy (non-hydrogen) atoms. The lowest BCUT2D eigenvalue weighted by molar-refractivity contribution is -0.138. The fraction of sp³-hybridized carbons (Fsp3) is 0.464. The van der Waals surface area contributed by atoms with E-state index in [9.17, 15) is 18.7 Å². The third kappa shape index (κ3) is 5.31. The predicted octanol–water partition coefficient (Wildman–Crippen LogP) is 5.40. The Morgan fingerprint density at radius 2 is 1.89 bits per heavy atom. The van der Waals surface area contributed by atoms with E-state index in [1.165, 1.54) is 24.4 Å². The minimum absolute atomic E-state index is 0.132. The molecule has 0 spiro atoms. The number of rotatable bonds is 6. The smallest absolute Gasteiger partial charge is 0.311 e. The average Bonchev–Trinajstić information content (AvgIpc) is 3.54. The van der Waals surface area contributed by atoms with Crippen molar-refractivity contribution in [3.8, 4) is 0 Å². The van der Waals surface area contributed by atoms with Crippen LogP contribution in [0.5, 0.6) is 0 Å². The van der Waals surface area contributed by atoms with Crippen LogP contribution in [-0.4, -0.2) is 47.3 Å². The Hall–Kier alpha value is -3.49. The van der Waals surface area contributed by atoms with E-state index in [4.69, 9.17) is 9.78 Å². The number of carboxylic acid groups (broad SMARTS) is 1. The van der Waals surface area contributed by atoms with Crippen molar-refractivity contribution < 1.29 is 28.2 Å². The summed E-state index contributed by atoms with van der Waals surface area (Å²) in [5.74, 6) is -3.37. The fourth-order valence-corrected chi connectivity index (χ4v) is 5.59. The molecule has 1 aliphatic carbocycles. The van der Waals surface area contributed by atoms with Crippen molar-refractivity contribution in [2.75, 3.05) is 19.1 Å². The highest BCUT2D eigenvalue weighted by molar-refractivity contribution is 5.86. The van der Waals surface area contributed by atoms with Gasteiger partial charge in [-0.1, -0.05) is 18.9 Å². The van der Waals surface area contributed by atoms with Gasteiger partial charge < -0.3 is 19.3 Å². The van der Waals surface area contributed by atoms with Crippen molar-refractivity contribution >= 4 is 29.2 Å². The standard InChI is InChI=1S/C26H29F2N3O2.C2H4O2/c1-15-7-9-18-22(30(15)2)11-12-23-25(18)29-24(31(23)17-5-3-4-6-17)14-19(26(32)33)16-8-10-20(27)21(28)13-16;1-4-2-3/h8,10-13,15,17,19H,3-7,9,14H2,1-2H3,(H,32,33);2H,1H3. The summed E-state index contributed by atoms with van der Waals surface area (Å²) in [4.78, 5) is 28.5. The van der Waals surface area contributed by atoms with Gasteiger partial charge in [0.25, 0.3) is 6.47 Å². The van der Waals surface area contributed by atoms with Gasteiger partial charge in [-0.25, -0.2) is 13.8 Å². The van der Waals surface area contributed by atoms with Crippen LogP contribution in [0.25, 0.3) is 11.0 Å². The highest BCUT2D eigenvalue weighted by Crippen LogP contribution is 2.40. The van der Waals surface area contributed by atoms with Gasteiger partial charge in [-0.3, -0.25) is 9.59 Å². The third-order valence-electron chi connectivity index (χ3n) is 7.69. The van der Waals surface area contributed by atoms with Crippen molar-refractivity contribution in [2.45, 2.75) is 69.9 Å². The van der Waals surface area contributed by atoms with E-state index in [-0.39, 0.29) is 18.0 Å². The van der Waals surface area contributed by atoms with E-state index in [1.807, 2.05) is 0 Å². The second-order valence-corrected chi connectivity index (χ2v) is 9.87. The number of nitrogens with zero attached hydrogens (tertiary/aromatic N) is 3. The maximum Gasteiger partial charge on any atom is 0.311 e. The number of aryl methyl sites for hydroxylation is 1. The number of carboxylic acids is 1. The number of hydrogen-bond acceptors (Lipinski definition) is 5. The van der Waals surface area contributed by atoms with Crippen LogP contribution in [0.1, 0.15) is 67.9 Å². The molecule has 1 aromatic heterocycles. The van der Waals surface area contributed by atoms with Gasteiger partial charge in [0.2, 0.25) is 0 Å². The van der Waals surface area contributed by atoms with Crippen LogP contribution in [-0.2, 0) is 27.2 Å². The fourth-order valence-electron chi connectivity index (χ4n) is 5.59. The maximum atomic E-state index is 13.9. The Balaban J connectivity index is 0.000000747. The lowest BCUT2D eigenvalue weighted by atomic mass is 9.95. The molecule has 198 valence electrons. The maximum absolute atomic E-state index is 13.9. The van der Waals surface area contributed by atoms with Gasteiger partial charge in [0.1, 0.15) is 5.82 Å². The van der Waals surface area contributed by atoms with E-state index in [2.05, 4.69) is 40.3 Å². The first-order valence-electron chi connectivity index (χ1n) is 12.7. The van der Waals surface area contributed by atoms with E-state index in [0.717, 1.165) is 61.7 Å². The molecule has 1 saturated carbocycles. The molecule has 1 fully saturated rings. The molecule has 7 nitrogen and oxygen atoms in total. The lowest BCUT2D eigenvalue weighted by Crippen LogP contribution is -2.33. The molecule has 0 saturated heterocycles. The van der Waals surface area contributed by atoms with Gasteiger partial charge in [-0.2, -0.15) is 0 Å². The zero-order valence-corrected chi connectivity index (χ0v) is 21.4. The molecule has 2 atom stereocenters. The minimum atomic E-state index is -1.07. The summed E-state index contributed by atoms with van der Waals surface area (Å²) in [6, 6.07) is 8.36. The summed E-state index contributed by atoms with van der Waals surface area (Å²) < 4.78 is 33.5. The Bertz CT molecular complexity index is 1290. The molecule has 1 N–H and O–H groups in total. The Kier molecular flexibility index (Phi) is 8.10. The van der Waals surface area contributed by atoms with Crippen LogP contribution in [0.4, 0.5) is 14.5 Å². The largest absolute Gasteiger partial charge is 0.481 e. The predicted molar refractivity (Wildman–Crippen MR) is 137 cm³/mol. The van der Waals surface area contributed by atoms with Crippen LogP contribution in [0.3, 0.4) is 0 Å². The summed E-state index contributed by atoms with van der Waals surface area (Å²) in [5, 5.41) is 9.98. The van der Waals surface area contributed by atoms with Crippen molar-refractivity contribution in [1.82, 2.24) is 9.55 Å². The molecule has 5 rings (SSSR count). The second-order valence-electron chi connectivity index (χ2n) is 9.87. The zero-order valence-electron chi connectivity index (χ0n) is 21.4. The van der Waals surface area contributed by atoms with Crippen LogP contribution >= 0.6 is 0 Å². The quantitative estimate of drug-likeness (QED) is 0.445. The number of hydrogen-bond donors (Lipinski definition) is 1. The molecule has 2 aliphatic rings. The van der Waals surface area contributed by atoms with Crippen molar-refractivity contribution in [3.63, 3.8) is 0 Å². The summed E-state index contributed by atoms with van der Waals surface area (Å²) in [5.41, 5.74) is 4.64. The van der Waals surface area contributed by atoms with E-state index in [1.54, 1.807) is 0 Å². The van der Waals surface area contributed by atoms with Crippen LogP contribution in [0.15, 0.2) is 30.3 Å². The number of aromatic nitrogens is 2. The number of carbonyl (C=O) groups is 2. The van der Waals surface area contributed by atoms with Crippen molar-refractivity contribution in [3.05, 3.63) is 58.9 Å². The number of fused-ring (bicyclic) bond motifs is 3. The van der Waals surface area contributed by atoms with E-state index in [0.29, 0.717) is 18.3 Å². The third-order valence-corrected chi connectivity index (χ3v) is 7.69. The molecule has 3 aromatic rings. The molecule has 0 amide bonds. The topological polar surface area (TPSA) is 84.7 Å². The Labute approximate surface area is 215 Å². The molecular formula is C28H33F2N3O4. The monoisotopic (exact) mass is 513 g/mol. The molecule has 1 aliphatic heterocycles. The molecule has 2 aromatic carbocycles. The summed E-state index contributed by atoms with van der Waals surface area (Å²) in [7, 11) is 3.42. The number of halogens is 2. The highest BCUT2D eigenvalue weighted by atomic mass is 19.2. The molecular weight excluding hydrogens is 480 g/mol.